The van der Waals surface area contributed by atoms with Gasteiger partial charge in [0.25, 0.3) is 0 Å². The summed E-state index contributed by atoms with van der Waals surface area (Å²) in [5.41, 5.74) is 0.819. The Labute approximate surface area is 122 Å². The van der Waals surface area contributed by atoms with Gasteiger partial charge in [0.05, 0.1) is 18.1 Å². The number of nitrogens with zero attached hydrogens (tertiary/aromatic N) is 5. The standard InChI is InChI=1S/C14H18ClN5/c1-19-14-11(5-16-19)13(15)17-12(18-14)8-20-6-9-3-2-4-10(9)7-20/h5,9-10H,2-4,6-8H2,1H3. The van der Waals surface area contributed by atoms with E-state index in [0.29, 0.717) is 5.15 Å². The molecule has 0 spiro atoms. The number of rotatable bonds is 2. The lowest BCUT2D eigenvalue weighted by Crippen LogP contribution is -2.22. The third kappa shape index (κ3) is 2.00. The lowest BCUT2D eigenvalue weighted by atomic mass is 10.0. The molecule has 2 fully saturated rings. The van der Waals surface area contributed by atoms with Gasteiger partial charge in [0.2, 0.25) is 0 Å². The minimum Gasteiger partial charge on any atom is -0.295 e. The van der Waals surface area contributed by atoms with Crippen molar-refractivity contribution in [2.75, 3.05) is 13.1 Å². The molecule has 2 aromatic rings. The van der Waals surface area contributed by atoms with Gasteiger partial charge in [-0.2, -0.15) is 5.10 Å². The number of aryl methyl sites for hydroxylation is 1. The summed E-state index contributed by atoms with van der Waals surface area (Å²) in [6, 6.07) is 0. The van der Waals surface area contributed by atoms with Crippen LogP contribution in [-0.2, 0) is 13.6 Å². The van der Waals surface area contributed by atoms with Gasteiger partial charge in [-0.15, -0.1) is 0 Å². The quantitative estimate of drug-likeness (QED) is 0.796. The number of fused-ring (bicyclic) bond motifs is 2. The Morgan fingerprint density at radius 3 is 2.75 bits per heavy atom. The summed E-state index contributed by atoms with van der Waals surface area (Å²) in [5, 5.41) is 5.53. The molecule has 6 heteroatoms. The van der Waals surface area contributed by atoms with Crippen molar-refractivity contribution in [3.05, 3.63) is 17.2 Å². The van der Waals surface area contributed by atoms with Gasteiger partial charge in [-0.3, -0.25) is 9.58 Å². The third-order valence-electron chi connectivity index (χ3n) is 4.76. The number of likely N-dealkylation sites (tertiary alicyclic amines) is 1. The van der Waals surface area contributed by atoms with Crippen LogP contribution in [0.25, 0.3) is 11.0 Å². The van der Waals surface area contributed by atoms with E-state index in [9.17, 15) is 0 Å². The van der Waals surface area contributed by atoms with Crippen LogP contribution < -0.4 is 0 Å². The molecule has 2 unspecified atom stereocenters. The van der Waals surface area contributed by atoms with E-state index in [1.165, 1.54) is 32.4 Å². The van der Waals surface area contributed by atoms with E-state index in [-0.39, 0.29) is 0 Å². The second-order valence-corrected chi connectivity index (χ2v) is 6.44. The molecule has 0 amide bonds. The third-order valence-corrected chi connectivity index (χ3v) is 5.05. The predicted octanol–water partition coefficient (Wildman–Crippen LogP) is 2.25. The van der Waals surface area contributed by atoms with Crippen LogP contribution in [0.3, 0.4) is 0 Å². The fourth-order valence-electron chi connectivity index (χ4n) is 3.76. The van der Waals surface area contributed by atoms with Crippen molar-refractivity contribution < 1.29 is 0 Å². The fourth-order valence-corrected chi connectivity index (χ4v) is 3.99. The second kappa shape index (κ2) is 4.67. The smallest absolute Gasteiger partial charge is 0.162 e. The molecule has 1 aliphatic carbocycles. The zero-order chi connectivity index (χ0) is 13.7. The van der Waals surface area contributed by atoms with Gasteiger partial charge in [0.1, 0.15) is 11.0 Å². The zero-order valence-corrected chi connectivity index (χ0v) is 12.3. The first-order valence-electron chi connectivity index (χ1n) is 7.27. The van der Waals surface area contributed by atoms with Crippen LogP contribution in [0.15, 0.2) is 6.20 Å². The van der Waals surface area contributed by atoms with Gasteiger partial charge in [-0.05, 0) is 24.7 Å². The molecule has 1 saturated heterocycles. The molecule has 0 aromatic carbocycles. The molecule has 1 aliphatic heterocycles. The number of aromatic nitrogens is 4. The van der Waals surface area contributed by atoms with Gasteiger partial charge in [-0.1, -0.05) is 18.0 Å². The second-order valence-electron chi connectivity index (χ2n) is 6.08. The maximum Gasteiger partial charge on any atom is 0.162 e. The molecule has 0 N–H and O–H groups in total. The van der Waals surface area contributed by atoms with E-state index in [4.69, 9.17) is 11.6 Å². The number of hydrogen-bond donors (Lipinski definition) is 0. The fraction of sp³-hybridized carbons (Fsp3) is 0.643. The van der Waals surface area contributed by atoms with Crippen molar-refractivity contribution in [2.24, 2.45) is 18.9 Å². The van der Waals surface area contributed by atoms with E-state index in [1.807, 2.05) is 7.05 Å². The minimum atomic E-state index is 0.512. The molecule has 0 bridgehead atoms. The van der Waals surface area contributed by atoms with Gasteiger partial charge in [0.15, 0.2) is 5.65 Å². The van der Waals surface area contributed by atoms with E-state index in [2.05, 4.69) is 20.0 Å². The van der Waals surface area contributed by atoms with Crippen LogP contribution in [-0.4, -0.2) is 37.7 Å². The highest BCUT2D eigenvalue weighted by molar-refractivity contribution is 6.33. The van der Waals surface area contributed by atoms with E-state index < -0.39 is 0 Å². The molecule has 2 aromatic heterocycles. The molecule has 106 valence electrons. The Morgan fingerprint density at radius 2 is 2.00 bits per heavy atom. The highest BCUT2D eigenvalue weighted by Gasteiger charge is 2.36. The lowest BCUT2D eigenvalue weighted by molar-refractivity contribution is 0.296. The van der Waals surface area contributed by atoms with Crippen LogP contribution in [0, 0.1) is 11.8 Å². The molecule has 2 atom stereocenters. The highest BCUT2D eigenvalue weighted by Crippen LogP contribution is 2.38. The molecule has 0 radical (unpaired) electrons. The molecular weight excluding hydrogens is 274 g/mol. The van der Waals surface area contributed by atoms with E-state index >= 15 is 0 Å². The number of halogens is 1. The van der Waals surface area contributed by atoms with Gasteiger partial charge in [0, 0.05) is 20.1 Å². The molecule has 2 aliphatic rings. The molecule has 3 heterocycles. The van der Waals surface area contributed by atoms with Crippen molar-refractivity contribution in [3.63, 3.8) is 0 Å². The Balaban J connectivity index is 1.58. The van der Waals surface area contributed by atoms with Crippen LogP contribution in [0.5, 0.6) is 0 Å². The monoisotopic (exact) mass is 291 g/mol. The van der Waals surface area contributed by atoms with E-state index in [1.54, 1.807) is 10.9 Å². The average Bonchev–Trinajstić information content (AvgIpc) is 3.05. The van der Waals surface area contributed by atoms with Gasteiger partial charge < -0.3 is 0 Å². The highest BCUT2D eigenvalue weighted by atomic mass is 35.5. The Bertz CT molecular complexity index is 640. The first-order valence-corrected chi connectivity index (χ1v) is 7.65. The number of hydrogen-bond acceptors (Lipinski definition) is 4. The summed E-state index contributed by atoms with van der Waals surface area (Å²) in [7, 11) is 1.88. The van der Waals surface area contributed by atoms with Crippen molar-refractivity contribution in [2.45, 2.75) is 25.8 Å². The molecule has 1 saturated carbocycles. The van der Waals surface area contributed by atoms with Crippen molar-refractivity contribution in [1.29, 1.82) is 0 Å². The van der Waals surface area contributed by atoms with Crippen molar-refractivity contribution in [3.8, 4) is 0 Å². The van der Waals surface area contributed by atoms with Crippen LogP contribution in [0.1, 0.15) is 25.1 Å². The normalized spacial score (nSPS) is 26.5. The van der Waals surface area contributed by atoms with Gasteiger partial charge in [-0.25, -0.2) is 9.97 Å². The molecular formula is C14H18ClN5. The van der Waals surface area contributed by atoms with Gasteiger partial charge >= 0.3 is 0 Å². The zero-order valence-electron chi connectivity index (χ0n) is 11.6. The molecule has 4 rings (SSSR count). The Hall–Kier alpha value is -1.20. The van der Waals surface area contributed by atoms with Crippen molar-refractivity contribution >= 4 is 22.6 Å². The maximum atomic E-state index is 6.23. The van der Waals surface area contributed by atoms with Crippen LogP contribution in [0.4, 0.5) is 0 Å². The lowest BCUT2D eigenvalue weighted by Gasteiger charge is -2.15. The summed E-state index contributed by atoms with van der Waals surface area (Å²) < 4.78 is 1.76. The predicted molar refractivity (Wildman–Crippen MR) is 77.4 cm³/mol. The Kier molecular flexibility index (Phi) is 2.93. The summed E-state index contributed by atoms with van der Waals surface area (Å²) >= 11 is 6.23. The van der Waals surface area contributed by atoms with Crippen LogP contribution in [0.2, 0.25) is 5.15 Å². The van der Waals surface area contributed by atoms with E-state index in [0.717, 1.165) is 35.2 Å². The van der Waals surface area contributed by atoms with Crippen LogP contribution >= 0.6 is 11.6 Å². The summed E-state index contributed by atoms with van der Waals surface area (Å²) in [6.07, 6.45) is 5.92. The first-order chi connectivity index (χ1) is 9.70. The maximum absolute atomic E-state index is 6.23. The average molecular weight is 292 g/mol. The molecule has 20 heavy (non-hydrogen) atoms. The SMILES string of the molecule is Cn1ncc2c(Cl)nc(CN3CC4CCCC4C3)nc21. The van der Waals surface area contributed by atoms with Crippen molar-refractivity contribution in [1.82, 2.24) is 24.6 Å². The molecule has 5 nitrogen and oxygen atoms in total. The Morgan fingerprint density at radius 1 is 1.25 bits per heavy atom. The summed E-state index contributed by atoms with van der Waals surface area (Å²) in [6.45, 7) is 3.18. The largest absolute Gasteiger partial charge is 0.295 e. The summed E-state index contributed by atoms with van der Waals surface area (Å²) in [4.78, 5) is 11.5. The summed E-state index contributed by atoms with van der Waals surface area (Å²) in [5.74, 6) is 2.60. The first kappa shape index (κ1) is 12.5. The topological polar surface area (TPSA) is 46.8 Å². The minimum absolute atomic E-state index is 0.512.